The summed E-state index contributed by atoms with van der Waals surface area (Å²) in [7, 11) is -0.872. The molecule has 1 aromatic carbocycles. The molecule has 1 aromatic rings. The summed E-state index contributed by atoms with van der Waals surface area (Å²) in [5, 5.41) is 0. The smallest absolute Gasteiger partial charge is 0.247 e. The summed E-state index contributed by atoms with van der Waals surface area (Å²) in [6.45, 7) is 2.08. The lowest BCUT2D eigenvalue weighted by Gasteiger charge is -2.14. The first-order valence-electron chi connectivity index (χ1n) is 5.88. The van der Waals surface area contributed by atoms with Crippen LogP contribution in [0, 0.1) is 0 Å². The van der Waals surface area contributed by atoms with Crippen LogP contribution in [0.25, 0.3) is 0 Å². The Morgan fingerprint density at radius 1 is 1.26 bits per heavy atom. The summed E-state index contributed by atoms with van der Waals surface area (Å²) < 4.78 is 37.2. The van der Waals surface area contributed by atoms with Gasteiger partial charge in [0.05, 0.1) is 14.2 Å². The van der Waals surface area contributed by atoms with Crippen LogP contribution in [0.15, 0.2) is 23.1 Å². The molecule has 108 valence electrons. The molecule has 0 aliphatic heterocycles. The Labute approximate surface area is 113 Å². The van der Waals surface area contributed by atoms with Crippen molar-refractivity contribution in [3.05, 3.63) is 18.2 Å². The van der Waals surface area contributed by atoms with E-state index in [1.807, 2.05) is 6.92 Å². The molecule has 1 rings (SSSR count). The number of nitrogens with two attached hydrogens (primary N) is 1. The molecule has 3 N–H and O–H groups in total. The molecular weight excluding hydrogens is 268 g/mol. The van der Waals surface area contributed by atoms with Gasteiger partial charge in [-0.2, -0.15) is 0 Å². The third-order valence-electron chi connectivity index (χ3n) is 2.54. The molecule has 0 saturated heterocycles. The summed E-state index contributed by atoms with van der Waals surface area (Å²) in [6, 6.07) is 4.74. The van der Waals surface area contributed by atoms with Crippen molar-refractivity contribution >= 4 is 10.0 Å². The molecule has 6 nitrogen and oxygen atoms in total. The molecular formula is C12H20N2O4S. The molecule has 0 spiro atoms. The van der Waals surface area contributed by atoms with Crippen LogP contribution in [0.5, 0.6) is 11.5 Å². The Bertz CT molecular complexity index is 492. The maximum absolute atomic E-state index is 12.3. The normalized spacial score (nSPS) is 13.1. The average molecular weight is 288 g/mol. The number of ether oxygens (including phenoxy) is 2. The van der Waals surface area contributed by atoms with Crippen LogP contribution < -0.4 is 19.9 Å². The van der Waals surface area contributed by atoms with E-state index in [4.69, 9.17) is 15.2 Å². The number of hydrogen-bond donors (Lipinski definition) is 2. The lowest BCUT2D eigenvalue weighted by atomic mass is 10.3. The quantitative estimate of drug-likeness (QED) is 0.771. The first kappa shape index (κ1) is 15.7. The van der Waals surface area contributed by atoms with Gasteiger partial charge in [-0.15, -0.1) is 0 Å². The predicted molar refractivity (Wildman–Crippen MR) is 73.0 cm³/mol. The zero-order valence-corrected chi connectivity index (χ0v) is 12.2. The molecule has 1 atom stereocenters. The highest BCUT2D eigenvalue weighted by Gasteiger charge is 2.24. The summed E-state index contributed by atoms with van der Waals surface area (Å²) in [5.74, 6) is 0.486. The van der Waals surface area contributed by atoms with Gasteiger partial charge in [0, 0.05) is 12.6 Å². The zero-order valence-electron chi connectivity index (χ0n) is 11.3. The number of rotatable bonds is 7. The highest BCUT2D eigenvalue weighted by Crippen LogP contribution is 2.32. The van der Waals surface area contributed by atoms with Crippen LogP contribution >= 0.6 is 0 Å². The van der Waals surface area contributed by atoms with Crippen LogP contribution in [-0.2, 0) is 10.0 Å². The van der Waals surface area contributed by atoms with Gasteiger partial charge < -0.3 is 15.2 Å². The van der Waals surface area contributed by atoms with Crippen molar-refractivity contribution in [1.82, 2.24) is 4.72 Å². The van der Waals surface area contributed by atoms with Gasteiger partial charge in [-0.05, 0) is 25.5 Å². The van der Waals surface area contributed by atoms with Gasteiger partial charge in [0.1, 0.15) is 11.5 Å². The molecule has 0 saturated carbocycles. The number of nitrogens with one attached hydrogen (secondary N) is 1. The largest absolute Gasteiger partial charge is 0.495 e. The van der Waals surface area contributed by atoms with E-state index in [9.17, 15) is 8.42 Å². The fourth-order valence-electron chi connectivity index (χ4n) is 1.58. The van der Waals surface area contributed by atoms with E-state index < -0.39 is 10.0 Å². The van der Waals surface area contributed by atoms with Crippen molar-refractivity contribution < 1.29 is 17.9 Å². The Balaban J connectivity index is 3.06. The lowest BCUT2D eigenvalue weighted by Crippen LogP contribution is -2.29. The molecule has 0 aliphatic rings. The van der Waals surface area contributed by atoms with Gasteiger partial charge >= 0.3 is 0 Å². The minimum absolute atomic E-state index is 0.00433. The minimum Gasteiger partial charge on any atom is -0.495 e. The van der Waals surface area contributed by atoms with E-state index in [0.717, 1.165) is 0 Å². The number of benzene rings is 1. The van der Waals surface area contributed by atoms with E-state index >= 15 is 0 Å². The van der Waals surface area contributed by atoms with E-state index in [0.29, 0.717) is 6.42 Å². The summed E-state index contributed by atoms with van der Waals surface area (Å²) in [4.78, 5) is 0.00433. The van der Waals surface area contributed by atoms with Crippen molar-refractivity contribution in [3.8, 4) is 11.5 Å². The third-order valence-corrected chi connectivity index (χ3v) is 4.07. The van der Waals surface area contributed by atoms with E-state index in [2.05, 4.69) is 4.72 Å². The van der Waals surface area contributed by atoms with E-state index in [1.54, 1.807) is 18.2 Å². The molecule has 0 fully saturated rings. The zero-order chi connectivity index (χ0) is 14.5. The van der Waals surface area contributed by atoms with Gasteiger partial charge in [0.15, 0.2) is 4.90 Å². The second-order valence-electron chi connectivity index (χ2n) is 4.16. The maximum atomic E-state index is 12.3. The first-order chi connectivity index (χ1) is 8.92. The van der Waals surface area contributed by atoms with Crippen molar-refractivity contribution in [3.63, 3.8) is 0 Å². The molecule has 0 amide bonds. The fraction of sp³-hybridized carbons (Fsp3) is 0.500. The van der Waals surface area contributed by atoms with Crippen molar-refractivity contribution in [2.75, 3.05) is 20.8 Å². The van der Waals surface area contributed by atoms with Crippen molar-refractivity contribution in [2.24, 2.45) is 5.73 Å². The minimum atomic E-state index is -3.70. The van der Waals surface area contributed by atoms with Crippen molar-refractivity contribution in [1.29, 1.82) is 0 Å². The molecule has 1 unspecified atom stereocenters. The first-order valence-corrected chi connectivity index (χ1v) is 7.37. The predicted octanol–water partition coefficient (Wildman–Crippen LogP) is 0.719. The van der Waals surface area contributed by atoms with Crippen LogP contribution in [0.4, 0.5) is 0 Å². The van der Waals surface area contributed by atoms with Gasteiger partial charge in [-0.25, -0.2) is 13.1 Å². The van der Waals surface area contributed by atoms with Gasteiger partial charge in [-0.1, -0.05) is 6.07 Å². The Hall–Kier alpha value is -1.31. The van der Waals surface area contributed by atoms with Crippen molar-refractivity contribution in [2.45, 2.75) is 24.3 Å². The Morgan fingerprint density at radius 2 is 1.79 bits per heavy atom. The Morgan fingerprint density at radius 3 is 2.21 bits per heavy atom. The maximum Gasteiger partial charge on any atom is 0.247 e. The van der Waals surface area contributed by atoms with Crippen LogP contribution in [0.1, 0.15) is 13.3 Å². The van der Waals surface area contributed by atoms with Crippen LogP contribution in [-0.4, -0.2) is 35.2 Å². The second kappa shape index (κ2) is 6.74. The molecule has 19 heavy (non-hydrogen) atoms. The SMILES string of the molecule is COc1cccc(OC)c1S(=O)(=O)NCCC(C)N. The average Bonchev–Trinajstić information content (AvgIpc) is 2.36. The standard InChI is InChI=1S/C12H20N2O4S/c1-9(13)7-8-14-19(15,16)12-10(17-2)5-4-6-11(12)18-3/h4-6,9,14H,7-8,13H2,1-3H3. The van der Waals surface area contributed by atoms with E-state index in [-0.39, 0.29) is 29.0 Å². The monoisotopic (exact) mass is 288 g/mol. The highest BCUT2D eigenvalue weighted by molar-refractivity contribution is 7.89. The summed E-state index contributed by atoms with van der Waals surface area (Å²) in [5.41, 5.74) is 5.59. The second-order valence-corrected chi connectivity index (χ2v) is 5.86. The molecule has 0 aliphatic carbocycles. The van der Waals surface area contributed by atoms with Crippen LogP contribution in [0.2, 0.25) is 0 Å². The lowest BCUT2D eigenvalue weighted by molar-refractivity contribution is 0.373. The van der Waals surface area contributed by atoms with Gasteiger partial charge in [-0.3, -0.25) is 0 Å². The fourth-order valence-corrected chi connectivity index (χ4v) is 2.94. The third kappa shape index (κ3) is 4.09. The molecule has 0 bridgehead atoms. The number of methoxy groups -OCH3 is 2. The molecule has 0 heterocycles. The number of sulfonamides is 1. The van der Waals surface area contributed by atoms with Crippen LogP contribution in [0.3, 0.4) is 0 Å². The summed E-state index contributed by atoms with van der Waals surface area (Å²) >= 11 is 0. The molecule has 0 aromatic heterocycles. The van der Waals surface area contributed by atoms with E-state index in [1.165, 1.54) is 14.2 Å². The van der Waals surface area contributed by atoms with Gasteiger partial charge in [0.2, 0.25) is 10.0 Å². The Kier molecular flexibility index (Phi) is 5.59. The topological polar surface area (TPSA) is 90.6 Å². The van der Waals surface area contributed by atoms with Gasteiger partial charge in [0.25, 0.3) is 0 Å². The molecule has 7 heteroatoms. The highest BCUT2D eigenvalue weighted by atomic mass is 32.2. The molecule has 0 radical (unpaired) electrons. The summed E-state index contributed by atoms with van der Waals surface area (Å²) in [6.07, 6.45) is 0.552. The number of hydrogen-bond acceptors (Lipinski definition) is 5.